The van der Waals surface area contributed by atoms with Crippen LogP contribution in [0.2, 0.25) is 0 Å². The minimum absolute atomic E-state index is 0.241. The molecule has 84 valence electrons. The third-order valence-electron chi connectivity index (χ3n) is 2.40. The zero-order valence-electron chi connectivity index (χ0n) is 9.79. The summed E-state index contributed by atoms with van der Waals surface area (Å²) in [6.07, 6.45) is 6.32. The van der Waals surface area contributed by atoms with E-state index in [1.807, 2.05) is 12.2 Å². The Morgan fingerprint density at radius 1 is 1.60 bits per heavy atom. The van der Waals surface area contributed by atoms with Crippen LogP contribution in [-0.2, 0) is 4.74 Å². The zero-order valence-corrected chi connectivity index (χ0v) is 9.79. The highest BCUT2D eigenvalue weighted by Gasteiger charge is 2.19. The molecule has 15 heavy (non-hydrogen) atoms. The lowest BCUT2D eigenvalue weighted by molar-refractivity contribution is 0.117. The van der Waals surface area contributed by atoms with Crippen LogP contribution in [0.5, 0.6) is 0 Å². The molecule has 0 aromatic rings. The minimum Gasteiger partial charge on any atom is -0.495 e. The largest absolute Gasteiger partial charge is 0.495 e. The van der Waals surface area contributed by atoms with Gasteiger partial charge >= 0.3 is 0 Å². The summed E-state index contributed by atoms with van der Waals surface area (Å²) >= 11 is 0. The van der Waals surface area contributed by atoms with Crippen molar-refractivity contribution in [3.05, 3.63) is 23.6 Å². The minimum atomic E-state index is 0.241. The summed E-state index contributed by atoms with van der Waals surface area (Å²) in [5.41, 5.74) is 4.00. The predicted octanol–water partition coefficient (Wildman–Crippen LogP) is 2.81. The second-order valence-electron chi connectivity index (χ2n) is 4.01. The molecule has 1 aliphatic carbocycles. The van der Waals surface area contributed by atoms with E-state index in [9.17, 15) is 0 Å². The standard InChI is InChI=1S/C12H20N2O/c1-5-10-8-11(14-13-4)6-7-12(10)15-9(2)3/h6-7,9-10,14H,4-5,8H2,1-3H3. The van der Waals surface area contributed by atoms with Crippen molar-refractivity contribution in [1.29, 1.82) is 0 Å². The van der Waals surface area contributed by atoms with Crippen molar-refractivity contribution in [2.45, 2.75) is 39.7 Å². The number of nitrogens with zero attached hydrogens (tertiary/aromatic N) is 1. The van der Waals surface area contributed by atoms with E-state index in [4.69, 9.17) is 4.74 Å². The first-order valence-electron chi connectivity index (χ1n) is 5.46. The summed E-state index contributed by atoms with van der Waals surface area (Å²) < 4.78 is 5.76. The van der Waals surface area contributed by atoms with Crippen LogP contribution in [0.15, 0.2) is 28.7 Å². The normalized spacial score (nSPS) is 20.7. The molecular formula is C12H20N2O. The molecule has 0 saturated heterocycles. The van der Waals surface area contributed by atoms with Crippen molar-refractivity contribution in [2.24, 2.45) is 11.0 Å². The molecule has 1 unspecified atom stereocenters. The van der Waals surface area contributed by atoms with Gasteiger partial charge < -0.3 is 4.74 Å². The van der Waals surface area contributed by atoms with Gasteiger partial charge in [0.15, 0.2) is 0 Å². The van der Waals surface area contributed by atoms with Gasteiger partial charge in [0.05, 0.1) is 11.9 Å². The van der Waals surface area contributed by atoms with Crippen LogP contribution in [0.1, 0.15) is 33.6 Å². The quantitative estimate of drug-likeness (QED) is 0.557. The topological polar surface area (TPSA) is 33.6 Å². The highest BCUT2D eigenvalue weighted by Crippen LogP contribution is 2.28. The summed E-state index contributed by atoms with van der Waals surface area (Å²) in [4.78, 5) is 0. The number of hydrogen-bond acceptors (Lipinski definition) is 3. The van der Waals surface area contributed by atoms with Gasteiger partial charge in [-0.25, -0.2) is 0 Å². The van der Waals surface area contributed by atoms with Gasteiger partial charge in [-0.1, -0.05) is 6.92 Å². The maximum absolute atomic E-state index is 5.76. The summed E-state index contributed by atoms with van der Waals surface area (Å²) in [6.45, 7) is 9.70. The van der Waals surface area contributed by atoms with Crippen molar-refractivity contribution in [3.63, 3.8) is 0 Å². The molecule has 0 aromatic carbocycles. The molecule has 0 bridgehead atoms. The molecule has 1 atom stereocenters. The van der Waals surface area contributed by atoms with Crippen LogP contribution < -0.4 is 5.43 Å². The van der Waals surface area contributed by atoms with Crippen molar-refractivity contribution in [1.82, 2.24) is 5.43 Å². The van der Waals surface area contributed by atoms with E-state index in [2.05, 4.69) is 38.0 Å². The zero-order chi connectivity index (χ0) is 11.3. The molecule has 0 radical (unpaired) electrons. The van der Waals surface area contributed by atoms with Gasteiger partial charge in [-0.2, -0.15) is 5.10 Å². The van der Waals surface area contributed by atoms with Crippen LogP contribution in [0, 0.1) is 5.92 Å². The van der Waals surface area contributed by atoms with Gasteiger partial charge in [0, 0.05) is 18.3 Å². The second kappa shape index (κ2) is 5.59. The Bertz CT molecular complexity index is 279. The molecule has 0 fully saturated rings. The Kier molecular flexibility index (Phi) is 4.40. The van der Waals surface area contributed by atoms with Gasteiger partial charge in [0.2, 0.25) is 0 Å². The van der Waals surface area contributed by atoms with Crippen molar-refractivity contribution >= 4 is 6.72 Å². The van der Waals surface area contributed by atoms with Crippen molar-refractivity contribution in [3.8, 4) is 0 Å². The van der Waals surface area contributed by atoms with E-state index in [0.29, 0.717) is 5.92 Å². The molecule has 1 N–H and O–H groups in total. The summed E-state index contributed by atoms with van der Waals surface area (Å²) in [6, 6.07) is 0. The number of nitrogens with one attached hydrogen (secondary N) is 1. The van der Waals surface area contributed by atoms with E-state index in [0.717, 1.165) is 24.3 Å². The molecule has 0 amide bonds. The van der Waals surface area contributed by atoms with Gasteiger partial charge in [0.1, 0.15) is 0 Å². The molecule has 0 aliphatic heterocycles. The van der Waals surface area contributed by atoms with Gasteiger partial charge in [-0.05, 0) is 38.8 Å². The monoisotopic (exact) mass is 208 g/mol. The maximum atomic E-state index is 5.76. The Morgan fingerprint density at radius 3 is 2.87 bits per heavy atom. The van der Waals surface area contributed by atoms with Crippen molar-refractivity contribution < 1.29 is 4.74 Å². The fourth-order valence-corrected chi connectivity index (χ4v) is 1.69. The van der Waals surface area contributed by atoms with Gasteiger partial charge in [-0.3, -0.25) is 5.43 Å². The van der Waals surface area contributed by atoms with Gasteiger partial charge in [0.25, 0.3) is 0 Å². The highest BCUT2D eigenvalue weighted by atomic mass is 16.5. The lowest BCUT2D eigenvalue weighted by Gasteiger charge is -2.25. The van der Waals surface area contributed by atoms with E-state index < -0.39 is 0 Å². The SMILES string of the molecule is C=NNC1=CC=C(OC(C)C)C(CC)C1. The third-order valence-corrected chi connectivity index (χ3v) is 2.40. The second-order valence-corrected chi connectivity index (χ2v) is 4.01. The van der Waals surface area contributed by atoms with E-state index >= 15 is 0 Å². The van der Waals surface area contributed by atoms with Crippen LogP contribution in [-0.4, -0.2) is 12.8 Å². The average molecular weight is 208 g/mol. The molecule has 0 saturated carbocycles. The molecule has 1 aliphatic rings. The molecular weight excluding hydrogens is 188 g/mol. The fourth-order valence-electron chi connectivity index (χ4n) is 1.69. The lowest BCUT2D eigenvalue weighted by atomic mass is 9.94. The Morgan fingerprint density at radius 2 is 2.33 bits per heavy atom. The van der Waals surface area contributed by atoms with E-state index in [-0.39, 0.29) is 6.10 Å². The first-order valence-corrected chi connectivity index (χ1v) is 5.46. The van der Waals surface area contributed by atoms with Crippen molar-refractivity contribution in [2.75, 3.05) is 0 Å². The fraction of sp³-hybridized carbons (Fsp3) is 0.583. The predicted molar refractivity (Wildman–Crippen MR) is 63.5 cm³/mol. The smallest absolute Gasteiger partial charge is 0.0998 e. The number of ether oxygens (including phenoxy) is 1. The van der Waals surface area contributed by atoms with E-state index in [1.54, 1.807) is 0 Å². The summed E-state index contributed by atoms with van der Waals surface area (Å²) in [5.74, 6) is 1.55. The van der Waals surface area contributed by atoms with Crippen LogP contribution >= 0.6 is 0 Å². The first kappa shape index (κ1) is 11.8. The molecule has 1 rings (SSSR count). The molecule has 0 heterocycles. The third kappa shape index (κ3) is 3.42. The average Bonchev–Trinajstić information content (AvgIpc) is 2.20. The number of allylic oxidation sites excluding steroid dienone is 4. The van der Waals surface area contributed by atoms with Gasteiger partial charge in [-0.15, -0.1) is 0 Å². The molecule has 0 spiro atoms. The maximum Gasteiger partial charge on any atom is 0.0998 e. The van der Waals surface area contributed by atoms with Crippen LogP contribution in [0.4, 0.5) is 0 Å². The number of rotatable bonds is 5. The van der Waals surface area contributed by atoms with E-state index in [1.165, 1.54) is 0 Å². The Balaban J connectivity index is 2.71. The van der Waals surface area contributed by atoms with Crippen LogP contribution in [0.3, 0.4) is 0 Å². The number of hydrogen-bond donors (Lipinski definition) is 1. The highest BCUT2D eigenvalue weighted by molar-refractivity contribution is 5.26. The summed E-state index contributed by atoms with van der Waals surface area (Å²) in [7, 11) is 0. The molecule has 0 aromatic heterocycles. The first-order chi connectivity index (χ1) is 7.17. The molecule has 3 heteroatoms. The Hall–Kier alpha value is -1.25. The lowest BCUT2D eigenvalue weighted by Crippen LogP contribution is -2.18. The Labute approximate surface area is 91.9 Å². The summed E-state index contributed by atoms with van der Waals surface area (Å²) in [5, 5.41) is 3.68. The number of hydrazone groups is 1. The molecule has 3 nitrogen and oxygen atoms in total. The van der Waals surface area contributed by atoms with Crippen LogP contribution in [0.25, 0.3) is 0 Å².